The van der Waals surface area contributed by atoms with Gasteiger partial charge in [-0.25, -0.2) is 4.79 Å². The van der Waals surface area contributed by atoms with E-state index in [1.807, 2.05) is 6.07 Å². The summed E-state index contributed by atoms with van der Waals surface area (Å²) in [7, 11) is 0. The van der Waals surface area contributed by atoms with Crippen LogP contribution in [0.4, 0.5) is 4.79 Å². The summed E-state index contributed by atoms with van der Waals surface area (Å²) in [6.07, 6.45) is 2.53. The number of benzene rings is 1. The van der Waals surface area contributed by atoms with Gasteiger partial charge in [0, 0.05) is 25.7 Å². The van der Waals surface area contributed by atoms with Gasteiger partial charge in [-0.15, -0.1) is 0 Å². The molecule has 1 atom stereocenters. The Labute approximate surface area is 165 Å². The number of nitrogens with one attached hydrogen (secondary N) is 2. The van der Waals surface area contributed by atoms with E-state index < -0.39 is 0 Å². The maximum absolute atomic E-state index is 12.3. The summed E-state index contributed by atoms with van der Waals surface area (Å²) in [5.74, 6) is 0.834. The number of carbonyl (C=O) groups excluding carboxylic acids is 1. The molecule has 0 bridgehead atoms. The van der Waals surface area contributed by atoms with Crippen molar-refractivity contribution >= 4 is 6.03 Å². The highest BCUT2D eigenvalue weighted by Crippen LogP contribution is 2.17. The van der Waals surface area contributed by atoms with Crippen molar-refractivity contribution in [2.24, 2.45) is 5.92 Å². The molecule has 1 aliphatic rings. The molecule has 0 saturated carbocycles. The SMILES string of the molecule is CCN(CC)Cc1ccccc1CNC(=O)NC[C@H](C)N1CCC(C)CC1. The summed E-state index contributed by atoms with van der Waals surface area (Å²) < 4.78 is 0. The fourth-order valence-corrected chi connectivity index (χ4v) is 3.65. The fourth-order valence-electron chi connectivity index (χ4n) is 3.65. The smallest absolute Gasteiger partial charge is 0.315 e. The van der Waals surface area contributed by atoms with Crippen LogP contribution >= 0.6 is 0 Å². The van der Waals surface area contributed by atoms with Crippen LogP contribution in [0.5, 0.6) is 0 Å². The van der Waals surface area contributed by atoms with E-state index in [0.717, 1.165) is 38.6 Å². The zero-order valence-electron chi connectivity index (χ0n) is 17.6. The van der Waals surface area contributed by atoms with Crippen molar-refractivity contribution < 1.29 is 4.79 Å². The Morgan fingerprint density at radius 3 is 2.41 bits per heavy atom. The number of piperidine rings is 1. The lowest BCUT2D eigenvalue weighted by Crippen LogP contribution is -2.47. The number of carbonyl (C=O) groups is 1. The van der Waals surface area contributed by atoms with Gasteiger partial charge in [-0.05, 0) is 63.0 Å². The molecule has 1 fully saturated rings. The topological polar surface area (TPSA) is 47.6 Å². The Balaban J connectivity index is 1.77. The molecule has 1 saturated heterocycles. The van der Waals surface area contributed by atoms with Crippen molar-refractivity contribution in [3.8, 4) is 0 Å². The van der Waals surface area contributed by atoms with Gasteiger partial charge in [-0.1, -0.05) is 45.0 Å². The van der Waals surface area contributed by atoms with Crippen molar-refractivity contribution in [2.45, 2.75) is 59.7 Å². The van der Waals surface area contributed by atoms with Gasteiger partial charge in [-0.3, -0.25) is 9.80 Å². The highest BCUT2D eigenvalue weighted by molar-refractivity contribution is 5.73. The lowest BCUT2D eigenvalue weighted by atomic mass is 9.98. The molecule has 0 radical (unpaired) electrons. The summed E-state index contributed by atoms with van der Waals surface area (Å²) in [5, 5.41) is 6.07. The van der Waals surface area contributed by atoms with E-state index in [0.29, 0.717) is 19.1 Å². The molecule has 5 nitrogen and oxygen atoms in total. The molecule has 5 heteroatoms. The van der Waals surface area contributed by atoms with Crippen LogP contribution in [0.3, 0.4) is 0 Å². The minimum Gasteiger partial charge on any atom is -0.337 e. The molecule has 1 aliphatic heterocycles. The average molecular weight is 375 g/mol. The zero-order valence-corrected chi connectivity index (χ0v) is 17.6. The Hall–Kier alpha value is -1.59. The van der Waals surface area contributed by atoms with Gasteiger partial charge in [0.15, 0.2) is 0 Å². The van der Waals surface area contributed by atoms with Gasteiger partial charge in [0.2, 0.25) is 0 Å². The third-order valence-corrected chi connectivity index (χ3v) is 5.85. The number of hydrogen-bond donors (Lipinski definition) is 2. The number of amides is 2. The largest absolute Gasteiger partial charge is 0.337 e. The predicted molar refractivity (Wildman–Crippen MR) is 113 cm³/mol. The molecule has 0 spiro atoms. The monoisotopic (exact) mass is 374 g/mol. The molecule has 0 aromatic heterocycles. The molecular weight excluding hydrogens is 336 g/mol. The summed E-state index contributed by atoms with van der Waals surface area (Å²) in [6, 6.07) is 8.69. The molecule has 2 rings (SSSR count). The van der Waals surface area contributed by atoms with Crippen molar-refractivity contribution in [2.75, 3.05) is 32.7 Å². The van der Waals surface area contributed by atoms with E-state index in [9.17, 15) is 4.79 Å². The molecule has 1 heterocycles. The van der Waals surface area contributed by atoms with E-state index in [1.54, 1.807) is 0 Å². The molecule has 0 aliphatic carbocycles. The third-order valence-electron chi connectivity index (χ3n) is 5.85. The Morgan fingerprint density at radius 1 is 1.15 bits per heavy atom. The minimum absolute atomic E-state index is 0.0788. The van der Waals surface area contributed by atoms with Crippen molar-refractivity contribution in [1.82, 2.24) is 20.4 Å². The van der Waals surface area contributed by atoms with Crippen LogP contribution in [-0.4, -0.2) is 54.6 Å². The van der Waals surface area contributed by atoms with Crippen LogP contribution in [0.2, 0.25) is 0 Å². The number of hydrogen-bond acceptors (Lipinski definition) is 3. The average Bonchev–Trinajstić information content (AvgIpc) is 2.69. The molecule has 27 heavy (non-hydrogen) atoms. The van der Waals surface area contributed by atoms with E-state index in [2.05, 4.69) is 66.3 Å². The number of urea groups is 1. The van der Waals surface area contributed by atoms with Gasteiger partial charge in [-0.2, -0.15) is 0 Å². The minimum atomic E-state index is -0.0788. The van der Waals surface area contributed by atoms with Crippen LogP contribution < -0.4 is 10.6 Å². The Bertz CT molecular complexity index is 565. The second kappa shape index (κ2) is 11.3. The highest BCUT2D eigenvalue weighted by Gasteiger charge is 2.20. The van der Waals surface area contributed by atoms with Crippen molar-refractivity contribution in [3.05, 3.63) is 35.4 Å². The normalized spacial score (nSPS) is 17.1. The summed E-state index contributed by atoms with van der Waals surface area (Å²) in [6.45, 7) is 15.4. The number of nitrogens with zero attached hydrogens (tertiary/aromatic N) is 2. The van der Waals surface area contributed by atoms with Gasteiger partial charge in [0.25, 0.3) is 0 Å². The summed E-state index contributed by atoms with van der Waals surface area (Å²) in [4.78, 5) is 17.1. The Kier molecular flexibility index (Phi) is 9.08. The van der Waals surface area contributed by atoms with Gasteiger partial charge in [0.05, 0.1) is 0 Å². The maximum atomic E-state index is 12.3. The van der Waals surface area contributed by atoms with Gasteiger partial charge >= 0.3 is 6.03 Å². The van der Waals surface area contributed by atoms with Crippen molar-refractivity contribution in [3.63, 3.8) is 0 Å². The van der Waals surface area contributed by atoms with E-state index in [1.165, 1.54) is 24.0 Å². The van der Waals surface area contributed by atoms with E-state index >= 15 is 0 Å². The Morgan fingerprint density at radius 2 is 1.78 bits per heavy atom. The van der Waals surface area contributed by atoms with Crippen LogP contribution in [-0.2, 0) is 13.1 Å². The zero-order chi connectivity index (χ0) is 19.6. The van der Waals surface area contributed by atoms with E-state index in [4.69, 9.17) is 0 Å². The predicted octanol–water partition coefficient (Wildman–Crippen LogP) is 3.45. The van der Waals surface area contributed by atoms with E-state index in [-0.39, 0.29) is 6.03 Å². The first kappa shape index (κ1) is 21.7. The molecule has 2 amide bonds. The van der Waals surface area contributed by atoms with Crippen LogP contribution in [0.15, 0.2) is 24.3 Å². The molecule has 1 aromatic carbocycles. The van der Waals surface area contributed by atoms with Crippen molar-refractivity contribution in [1.29, 1.82) is 0 Å². The molecule has 1 aromatic rings. The maximum Gasteiger partial charge on any atom is 0.315 e. The second-order valence-electron chi connectivity index (χ2n) is 7.86. The fraction of sp³-hybridized carbons (Fsp3) is 0.682. The van der Waals surface area contributed by atoms with Crippen LogP contribution in [0.25, 0.3) is 0 Å². The van der Waals surface area contributed by atoms with Crippen LogP contribution in [0.1, 0.15) is 51.7 Å². The lowest BCUT2D eigenvalue weighted by Gasteiger charge is -2.35. The van der Waals surface area contributed by atoms with Gasteiger partial charge < -0.3 is 10.6 Å². The standard InChI is InChI=1S/C22H38N4O/c1-5-25(6-2)17-21-10-8-7-9-20(21)16-24-22(27)23-15-19(4)26-13-11-18(3)12-14-26/h7-10,18-19H,5-6,11-17H2,1-4H3,(H2,23,24,27)/t19-/m0/s1. The molecule has 0 unspecified atom stereocenters. The molecule has 152 valence electrons. The van der Waals surface area contributed by atoms with Gasteiger partial charge in [0.1, 0.15) is 0 Å². The quantitative estimate of drug-likeness (QED) is 0.696. The third kappa shape index (κ3) is 7.15. The first-order valence-electron chi connectivity index (χ1n) is 10.6. The highest BCUT2D eigenvalue weighted by atomic mass is 16.2. The summed E-state index contributed by atoms with van der Waals surface area (Å²) >= 11 is 0. The molecule has 2 N–H and O–H groups in total. The summed E-state index contributed by atoms with van der Waals surface area (Å²) in [5.41, 5.74) is 2.48. The lowest BCUT2D eigenvalue weighted by molar-refractivity contribution is 0.145. The first-order valence-corrected chi connectivity index (χ1v) is 10.6. The number of likely N-dealkylation sites (tertiary alicyclic amines) is 1. The second-order valence-corrected chi connectivity index (χ2v) is 7.86. The van der Waals surface area contributed by atoms with Crippen LogP contribution in [0, 0.1) is 5.92 Å². The molecular formula is C22H38N4O. The number of rotatable bonds is 9. The first-order chi connectivity index (χ1) is 13.0.